The summed E-state index contributed by atoms with van der Waals surface area (Å²) >= 11 is 0. The average molecular weight is 274 g/mol. The molecule has 3 heteroatoms. The van der Waals surface area contributed by atoms with Gasteiger partial charge in [0.25, 0.3) is 0 Å². The minimum Gasteiger partial charge on any atom is -0.384 e. The van der Waals surface area contributed by atoms with Crippen molar-refractivity contribution < 1.29 is 4.79 Å². The third-order valence-electron chi connectivity index (χ3n) is 4.01. The molecule has 20 heavy (non-hydrogen) atoms. The summed E-state index contributed by atoms with van der Waals surface area (Å²) in [6.45, 7) is 3.96. The monoisotopic (exact) mass is 274 g/mol. The van der Waals surface area contributed by atoms with E-state index in [0.717, 1.165) is 25.9 Å². The zero-order valence-corrected chi connectivity index (χ0v) is 12.5. The Labute approximate surface area is 122 Å². The van der Waals surface area contributed by atoms with Gasteiger partial charge in [0.15, 0.2) is 0 Å². The molecule has 2 rings (SSSR count). The molecule has 1 aromatic carbocycles. The molecular weight excluding hydrogens is 248 g/mol. The van der Waals surface area contributed by atoms with Gasteiger partial charge in [-0.25, -0.2) is 0 Å². The summed E-state index contributed by atoms with van der Waals surface area (Å²) in [6.07, 6.45) is 6.34. The Balaban J connectivity index is 1.63. The second kappa shape index (κ2) is 7.93. The Kier molecular flexibility index (Phi) is 5.90. The van der Waals surface area contributed by atoms with Crippen LogP contribution in [-0.4, -0.2) is 19.0 Å². The Morgan fingerprint density at radius 1 is 1.30 bits per heavy atom. The maximum Gasteiger partial charge on any atom is 0.219 e. The summed E-state index contributed by atoms with van der Waals surface area (Å²) < 4.78 is 0. The van der Waals surface area contributed by atoms with Crippen LogP contribution < -0.4 is 10.6 Å². The topological polar surface area (TPSA) is 41.1 Å². The third kappa shape index (κ3) is 4.26. The Bertz CT molecular complexity index is 431. The van der Waals surface area contributed by atoms with Crippen LogP contribution in [0.2, 0.25) is 0 Å². The highest BCUT2D eigenvalue weighted by Crippen LogP contribution is 2.32. The molecule has 1 aliphatic heterocycles. The molecular formula is C17H26N2O. The number of fused-ring (bicyclic) bond motifs is 1. The smallest absolute Gasteiger partial charge is 0.219 e. The number of para-hydroxylation sites is 1. The quantitative estimate of drug-likeness (QED) is 0.710. The van der Waals surface area contributed by atoms with Gasteiger partial charge in [0.2, 0.25) is 5.91 Å². The summed E-state index contributed by atoms with van der Waals surface area (Å²) in [5.41, 5.74) is 2.65. The van der Waals surface area contributed by atoms with Crippen LogP contribution in [0.3, 0.4) is 0 Å². The summed E-state index contributed by atoms with van der Waals surface area (Å²) in [5, 5.41) is 6.47. The molecule has 3 nitrogen and oxygen atoms in total. The van der Waals surface area contributed by atoms with Crippen molar-refractivity contribution in [2.75, 3.05) is 18.4 Å². The highest BCUT2D eigenvalue weighted by atomic mass is 16.1. The van der Waals surface area contributed by atoms with Gasteiger partial charge in [0.1, 0.15) is 0 Å². The number of hydrogen-bond acceptors (Lipinski definition) is 2. The Morgan fingerprint density at radius 2 is 2.15 bits per heavy atom. The molecule has 0 saturated heterocycles. The lowest BCUT2D eigenvalue weighted by Gasteiger charge is -2.11. The third-order valence-corrected chi connectivity index (χ3v) is 4.01. The van der Waals surface area contributed by atoms with Crippen LogP contribution in [0.25, 0.3) is 0 Å². The van der Waals surface area contributed by atoms with Crippen LogP contribution in [0.4, 0.5) is 5.69 Å². The Hall–Kier alpha value is -1.51. The standard InChI is InChI=1S/C17H26N2O/c1-2-3-4-5-10-17(20)18-12-11-14-13-19-16-9-7-6-8-15(14)16/h6-9,14,19H,2-5,10-13H2,1H3,(H,18,20). The number of amides is 1. The number of benzene rings is 1. The molecule has 0 radical (unpaired) electrons. The van der Waals surface area contributed by atoms with Crippen molar-refractivity contribution >= 4 is 11.6 Å². The summed E-state index contributed by atoms with van der Waals surface area (Å²) in [6, 6.07) is 8.46. The number of unbranched alkanes of at least 4 members (excludes halogenated alkanes) is 3. The fraction of sp³-hybridized carbons (Fsp3) is 0.588. The molecule has 0 spiro atoms. The minimum absolute atomic E-state index is 0.209. The lowest BCUT2D eigenvalue weighted by atomic mass is 9.98. The van der Waals surface area contributed by atoms with Crippen LogP contribution in [0.15, 0.2) is 24.3 Å². The van der Waals surface area contributed by atoms with Crippen molar-refractivity contribution in [1.82, 2.24) is 5.32 Å². The van der Waals surface area contributed by atoms with Gasteiger partial charge in [-0.3, -0.25) is 4.79 Å². The van der Waals surface area contributed by atoms with E-state index in [0.29, 0.717) is 12.3 Å². The van der Waals surface area contributed by atoms with E-state index >= 15 is 0 Å². The maximum atomic E-state index is 11.7. The van der Waals surface area contributed by atoms with E-state index in [1.165, 1.54) is 30.5 Å². The number of carbonyl (C=O) groups is 1. The van der Waals surface area contributed by atoms with Gasteiger partial charge in [-0.05, 0) is 24.5 Å². The molecule has 1 atom stereocenters. The molecule has 110 valence electrons. The fourth-order valence-electron chi connectivity index (χ4n) is 2.80. The molecule has 0 aliphatic carbocycles. The highest BCUT2D eigenvalue weighted by Gasteiger charge is 2.20. The normalized spacial score (nSPS) is 16.6. The van der Waals surface area contributed by atoms with Gasteiger partial charge in [-0.1, -0.05) is 44.4 Å². The molecule has 2 N–H and O–H groups in total. The summed E-state index contributed by atoms with van der Waals surface area (Å²) in [5.74, 6) is 0.743. The molecule has 0 saturated carbocycles. The van der Waals surface area contributed by atoms with E-state index in [2.05, 4.69) is 41.8 Å². The molecule has 0 aromatic heterocycles. The lowest BCUT2D eigenvalue weighted by Crippen LogP contribution is -2.25. The first-order valence-electron chi connectivity index (χ1n) is 7.90. The number of anilines is 1. The second-order valence-corrected chi connectivity index (χ2v) is 5.61. The molecule has 1 aliphatic rings. The van der Waals surface area contributed by atoms with Crippen LogP contribution in [0, 0.1) is 0 Å². The van der Waals surface area contributed by atoms with Gasteiger partial charge >= 0.3 is 0 Å². The average Bonchev–Trinajstić information content (AvgIpc) is 2.87. The van der Waals surface area contributed by atoms with Crippen molar-refractivity contribution in [3.63, 3.8) is 0 Å². The lowest BCUT2D eigenvalue weighted by molar-refractivity contribution is -0.121. The number of hydrogen-bond donors (Lipinski definition) is 2. The van der Waals surface area contributed by atoms with Crippen LogP contribution in [0.5, 0.6) is 0 Å². The molecule has 0 bridgehead atoms. The van der Waals surface area contributed by atoms with E-state index < -0.39 is 0 Å². The number of rotatable bonds is 8. The number of nitrogens with one attached hydrogen (secondary N) is 2. The van der Waals surface area contributed by atoms with Crippen LogP contribution >= 0.6 is 0 Å². The molecule has 1 heterocycles. The van der Waals surface area contributed by atoms with Crippen molar-refractivity contribution in [2.24, 2.45) is 0 Å². The SMILES string of the molecule is CCCCCCC(=O)NCCC1CNc2ccccc21. The van der Waals surface area contributed by atoms with Gasteiger partial charge < -0.3 is 10.6 Å². The van der Waals surface area contributed by atoms with Crippen molar-refractivity contribution in [1.29, 1.82) is 0 Å². The zero-order valence-electron chi connectivity index (χ0n) is 12.5. The Morgan fingerprint density at radius 3 is 3.00 bits per heavy atom. The fourth-order valence-corrected chi connectivity index (χ4v) is 2.80. The summed E-state index contributed by atoms with van der Waals surface area (Å²) in [4.78, 5) is 11.7. The second-order valence-electron chi connectivity index (χ2n) is 5.61. The van der Waals surface area contributed by atoms with E-state index in [-0.39, 0.29) is 5.91 Å². The van der Waals surface area contributed by atoms with Gasteiger partial charge in [-0.2, -0.15) is 0 Å². The minimum atomic E-state index is 0.209. The van der Waals surface area contributed by atoms with Gasteiger partial charge in [0.05, 0.1) is 0 Å². The zero-order chi connectivity index (χ0) is 14.2. The first kappa shape index (κ1) is 14.9. The van der Waals surface area contributed by atoms with E-state index in [1.807, 2.05) is 0 Å². The van der Waals surface area contributed by atoms with Crippen molar-refractivity contribution in [2.45, 2.75) is 51.4 Å². The van der Waals surface area contributed by atoms with Crippen LogP contribution in [-0.2, 0) is 4.79 Å². The first-order chi connectivity index (χ1) is 9.81. The molecule has 1 unspecified atom stereocenters. The molecule has 1 amide bonds. The predicted octanol–water partition coefficient (Wildman–Crippen LogP) is 3.67. The van der Waals surface area contributed by atoms with E-state index in [1.54, 1.807) is 0 Å². The first-order valence-corrected chi connectivity index (χ1v) is 7.90. The van der Waals surface area contributed by atoms with Crippen molar-refractivity contribution in [3.8, 4) is 0 Å². The summed E-state index contributed by atoms with van der Waals surface area (Å²) in [7, 11) is 0. The van der Waals surface area contributed by atoms with E-state index in [9.17, 15) is 4.79 Å². The largest absolute Gasteiger partial charge is 0.384 e. The van der Waals surface area contributed by atoms with Crippen LogP contribution in [0.1, 0.15) is 56.9 Å². The molecule has 0 fully saturated rings. The van der Waals surface area contributed by atoms with E-state index in [4.69, 9.17) is 0 Å². The highest BCUT2D eigenvalue weighted by molar-refractivity contribution is 5.75. The molecule has 1 aromatic rings. The number of carbonyl (C=O) groups excluding carboxylic acids is 1. The predicted molar refractivity (Wildman–Crippen MR) is 84.1 cm³/mol. The maximum absolute atomic E-state index is 11.7. The van der Waals surface area contributed by atoms with Gasteiger partial charge in [-0.15, -0.1) is 0 Å². The van der Waals surface area contributed by atoms with Crippen molar-refractivity contribution in [3.05, 3.63) is 29.8 Å². The van der Waals surface area contributed by atoms with Gasteiger partial charge in [0, 0.05) is 31.1 Å².